The Morgan fingerprint density at radius 3 is 2.93 bits per heavy atom. The van der Waals surface area contributed by atoms with Crippen LogP contribution in [0.2, 0.25) is 0 Å². The second-order valence-corrected chi connectivity index (χ2v) is 3.41. The molecule has 1 fully saturated rings. The summed E-state index contributed by atoms with van der Waals surface area (Å²) in [6, 6.07) is 1.72. The summed E-state index contributed by atoms with van der Waals surface area (Å²) in [7, 11) is 0. The number of nitrogens with zero attached hydrogens (tertiary/aromatic N) is 1. The van der Waals surface area contributed by atoms with Gasteiger partial charge in [-0.25, -0.2) is 4.79 Å². The lowest BCUT2D eigenvalue weighted by molar-refractivity contribution is -0.160. The normalized spacial score (nSPS) is 18.9. The molecule has 0 unspecified atom stereocenters. The van der Waals surface area contributed by atoms with E-state index in [0.29, 0.717) is 5.69 Å². The first kappa shape index (κ1) is 9.21. The Balaban J connectivity index is 2.07. The highest BCUT2D eigenvalue weighted by molar-refractivity contribution is 5.68. The lowest BCUT2D eigenvalue weighted by atomic mass is 9.77. The highest BCUT2D eigenvalue weighted by atomic mass is 16.5. The third kappa shape index (κ3) is 1.50. The number of aliphatic carboxylic acids is 1. The van der Waals surface area contributed by atoms with Crippen molar-refractivity contribution in [2.24, 2.45) is 0 Å². The Bertz CT molecular complexity index is 316. The molecular weight excluding hydrogens is 186 g/mol. The summed E-state index contributed by atoms with van der Waals surface area (Å²) in [5.74, 6) is -0.959. The quantitative estimate of drug-likeness (QED) is 0.783. The van der Waals surface area contributed by atoms with Crippen LogP contribution in [0.5, 0.6) is 0 Å². The monoisotopic (exact) mass is 197 g/mol. The minimum Gasteiger partial charge on any atom is -0.480 e. The van der Waals surface area contributed by atoms with Crippen LogP contribution >= 0.6 is 0 Å². The SMILES string of the molecule is O=C(O)COC1(c2ccon2)CCC1. The molecule has 0 saturated heterocycles. The van der Waals surface area contributed by atoms with E-state index in [-0.39, 0.29) is 6.61 Å². The van der Waals surface area contributed by atoms with Crippen molar-refractivity contribution in [1.82, 2.24) is 5.16 Å². The van der Waals surface area contributed by atoms with Crippen molar-refractivity contribution in [3.05, 3.63) is 18.0 Å². The predicted molar refractivity (Wildman–Crippen MR) is 45.6 cm³/mol. The van der Waals surface area contributed by atoms with Crippen molar-refractivity contribution in [3.8, 4) is 0 Å². The van der Waals surface area contributed by atoms with E-state index in [0.717, 1.165) is 19.3 Å². The van der Waals surface area contributed by atoms with Gasteiger partial charge in [-0.2, -0.15) is 0 Å². The molecule has 1 aliphatic rings. The number of carbonyl (C=O) groups is 1. The standard InChI is InChI=1S/C9H11NO4/c11-8(12)6-13-9(3-1-4-9)7-2-5-14-10-7/h2,5H,1,3-4,6H2,(H,11,12). The Hall–Kier alpha value is -1.36. The van der Waals surface area contributed by atoms with Crippen LogP contribution in [-0.2, 0) is 15.1 Å². The summed E-state index contributed by atoms with van der Waals surface area (Å²) in [6.07, 6.45) is 4.13. The minimum absolute atomic E-state index is 0.285. The predicted octanol–water partition coefficient (Wildman–Crippen LogP) is 1.16. The van der Waals surface area contributed by atoms with Gasteiger partial charge < -0.3 is 14.4 Å². The molecule has 1 aliphatic carbocycles. The van der Waals surface area contributed by atoms with Crippen molar-refractivity contribution in [1.29, 1.82) is 0 Å². The smallest absolute Gasteiger partial charge is 0.329 e. The van der Waals surface area contributed by atoms with Gasteiger partial charge in [0, 0.05) is 6.07 Å². The first-order valence-electron chi connectivity index (χ1n) is 4.50. The lowest BCUT2D eigenvalue weighted by Gasteiger charge is -2.39. The molecular formula is C9H11NO4. The van der Waals surface area contributed by atoms with E-state index in [4.69, 9.17) is 14.4 Å². The van der Waals surface area contributed by atoms with Crippen LogP contribution in [0.3, 0.4) is 0 Å². The molecule has 0 aliphatic heterocycles. The number of ether oxygens (including phenoxy) is 1. The van der Waals surface area contributed by atoms with Crippen LogP contribution in [0.4, 0.5) is 0 Å². The molecule has 1 N–H and O–H groups in total. The van der Waals surface area contributed by atoms with Crippen LogP contribution < -0.4 is 0 Å². The van der Waals surface area contributed by atoms with Crippen molar-refractivity contribution in [2.75, 3.05) is 6.61 Å². The summed E-state index contributed by atoms with van der Waals surface area (Å²) < 4.78 is 10.1. The molecule has 14 heavy (non-hydrogen) atoms. The first-order chi connectivity index (χ1) is 6.73. The molecule has 1 saturated carbocycles. The van der Waals surface area contributed by atoms with Crippen LogP contribution in [0.1, 0.15) is 25.0 Å². The van der Waals surface area contributed by atoms with E-state index in [1.54, 1.807) is 6.07 Å². The van der Waals surface area contributed by atoms with Gasteiger partial charge in [-0.05, 0) is 19.3 Å². The number of carboxylic acids is 1. The molecule has 5 nitrogen and oxygen atoms in total. The minimum atomic E-state index is -0.959. The first-order valence-corrected chi connectivity index (χ1v) is 4.50. The fourth-order valence-corrected chi connectivity index (χ4v) is 1.62. The van der Waals surface area contributed by atoms with Gasteiger partial charge in [-0.15, -0.1) is 0 Å². The zero-order valence-electron chi connectivity index (χ0n) is 7.60. The van der Waals surface area contributed by atoms with Gasteiger partial charge >= 0.3 is 5.97 Å². The van der Waals surface area contributed by atoms with Crippen LogP contribution in [0, 0.1) is 0 Å². The zero-order chi connectivity index (χ0) is 10.0. The van der Waals surface area contributed by atoms with Gasteiger partial charge in [-0.1, -0.05) is 5.16 Å². The number of hydrogen-bond donors (Lipinski definition) is 1. The molecule has 76 valence electrons. The third-order valence-corrected chi connectivity index (χ3v) is 2.54. The Morgan fingerprint density at radius 1 is 1.71 bits per heavy atom. The van der Waals surface area contributed by atoms with Crippen LogP contribution in [0.15, 0.2) is 16.9 Å². The zero-order valence-corrected chi connectivity index (χ0v) is 7.60. The maximum Gasteiger partial charge on any atom is 0.329 e. The largest absolute Gasteiger partial charge is 0.480 e. The summed E-state index contributed by atoms with van der Waals surface area (Å²) >= 11 is 0. The second kappa shape index (κ2) is 3.42. The summed E-state index contributed by atoms with van der Waals surface area (Å²) in [5.41, 5.74) is 0.191. The Labute approximate surface area is 80.6 Å². The molecule has 0 atom stereocenters. The van der Waals surface area contributed by atoms with Gasteiger partial charge in [-0.3, -0.25) is 0 Å². The van der Waals surface area contributed by atoms with E-state index in [2.05, 4.69) is 5.16 Å². The van der Waals surface area contributed by atoms with Gasteiger partial charge in [0.05, 0.1) is 0 Å². The van der Waals surface area contributed by atoms with Gasteiger partial charge in [0.15, 0.2) is 0 Å². The van der Waals surface area contributed by atoms with E-state index < -0.39 is 11.6 Å². The van der Waals surface area contributed by atoms with E-state index in [9.17, 15) is 4.79 Å². The number of aromatic nitrogens is 1. The molecule has 0 aromatic carbocycles. The maximum absolute atomic E-state index is 10.4. The van der Waals surface area contributed by atoms with Gasteiger partial charge in [0.2, 0.25) is 0 Å². The number of carboxylic acid groups (broad SMARTS) is 1. The second-order valence-electron chi connectivity index (χ2n) is 3.41. The molecule has 1 heterocycles. The van der Waals surface area contributed by atoms with Crippen LogP contribution in [0.25, 0.3) is 0 Å². The summed E-state index contributed by atoms with van der Waals surface area (Å²) in [6.45, 7) is -0.285. The van der Waals surface area contributed by atoms with Crippen LogP contribution in [-0.4, -0.2) is 22.8 Å². The van der Waals surface area contributed by atoms with E-state index in [1.807, 2.05) is 0 Å². The Kier molecular flexibility index (Phi) is 2.25. The number of rotatable bonds is 4. The van der Waals surface area contributed by atoms with Crippen molar-refractivity contribution in [2.45, 2.75) is 24.9 Å². The third-order valence-electron chi connectivity index (χ3n) is 2.54. The molecule has 0 amide bonds. The maximum atomic E-state index is 10.4. The molecule has 0 spiro atoms. The van der Waals surface area contributed by atoms with Gasteiger partial charge in [0.1, 0.15) is 24.2 Å². The fourth-order valence-electron chi connectivity index (χ4n) is 1.62. The van der Waals surface area contributed by atoms with E-state index in [1.165, 1.54) is 6.26 Å². The molecule has 0 bridgehead atoms. The topological polar surface area (TPSA) is 72.6 Å². The van der Waals surface area contributed by atoms with Gasteiger partial charge in [0.25, 0.3) is 0 Å². The van der Waals surface area contributed by atoms with Crippen molar-refractivity contribution in [3.63, 3.8) is 0 Å². The number of hydrogen-bond acceptors (Lipinski definition) is 4. The lowest BCUT2D eigenvalue weighted by Crippen LogP contribution is -2.39. The Morgan fingerprint density at radius 2 is 2.50 bits per heavy atom. The molecule has 2 rings (SSSR count). The highest BCUT2D eigenvalue weighted by Gasteiger charge is 2.42. The van der Waals surface area contributed by atoms with Crippen molar-refractivity contribution < 1.29 is 19.2 Å². The highest BCUT2D eigenvalue weighted by Crippen LogP contribution is 2.43. The molecule has 1 aromatic rings. The molecule has 0 radical (unpaired) electrons. The fraction of sp³-hybridized carbons (Fsp3) is 0.556. The average molecular weight is 197 g/mol. The summed E-state index contributed by atoms with van der Waals surface area (Å²) in [5, 5.41) is 12.3. The van der Waals surface area contributed by atoms with Crippen molar-refractivity contribution >= 4 is 5.97 Å². The summed E-state index contributed by atoms with van der Waals surface area (Å²) in [4.78, 5) is 10.4. The molecule has 1 aromatic heterocycles. The molecule has 5 heteroatoms. The average Bonchev–Trinajstić information content (AvgIpc) is 2.55. The van der Waals surface area contributed by atoms with E-state index >= 15 is 0 Å².